The fourth-order valence-electron chi connectivity index (χ4n) is 5.72. The summed E-state index contributed by atoms with van der Waals surface area (Å²) in [4.78, 5) is 12.5. The minimum absolute atomic E-state index is 0.0242. The van der Waals surface area contributed by atoms with E-state index >= 15 is 0 Å². The van der Waals surface area contributed by atoms with Crippen LogP contribution >= 0.6 is 0 Å². The highest BCUT2D eigenvalue weighted by Crippen LogP contribution is 2.58. The fourth-order valence-corrected chi connectivity index (χ4v) is 5.72. The molecule has 2 aliphatic carbocycles. The van der Waals surface area contributed by atoms with E-state index in [1.54, 1.807) is 0 Å². The SMILES string of the molecule is CN(C)CC1CC(NC(O)C2CN(c3ccc(C(F)(F)F)c4nccnc34)CC23CC3)C1. The van der Waals surface area contributed by atoms with Gasteiger partial charge in [0.1, 0.15) is 17.3 Å². The summed E-state index contributed by atoms with van der Waals surface area (Å²) < 4.78 is 40.4. The van der Waals surface area contributed by atoms with Crippen molar-refractivity contribution in [3.05, 3.63) is 30.1 Å². The van der Waals surface area contributed by atoms with Crippen LogP contribution in [0.15, 0.2) is 24.5 Å². The van der Waals surface area contributed by atoms with Gasteiger partial charge in [0.05, 0.1) is 11.3 Å². The van der Waals surface area contributed by atoms with Gasteiger partial charge < -0.3 is 14.9 Å². The van der Waals surface area contributed by atoms with Crippen LogP contribution in [0.3, 0.4) is 0 Å². The Kier molecular flexibility index (Phi) is 5.34. The molecule has 2 saturated carbocycles. The van der Waals surface area contributed by atoms with E-state index in [1.807, 2.05) is 0 Å². The molecule has 32 heavy (non-hydrogen) atoms. The van der Waals surface area contributed by atoms with Crippen molar-refractivity contribution < 1.29 is 18.3 Å². The minimum atomic E-state index is -4.48. The molecule has 1 aliphatic heterocycles. The molecule has 1 aromatic heterocycles. The second-order valence-electron chi connectivity index (χ2n) is 10.1. The molecule has 9 heteroatoms. The van der Waals surface area contributed by atoms with Crippen LogP contribution in [0.5, 0.6) is 0 Å². The summed E-state index contributed by atoms with van der Waals surface area (Å²) in [5.41, 5.74) is 0.0748. The number of hydrogen-bond donors (Lipinski definition) is 2. The smallest absolute Gasteiger partial charge is 0.378 e. The topological polar surface area (TPSA) is 64.5 Å². The first-order valence-corrected chi connectivity index (χ1v) is 11.3. The number of nitrogens with one attached hydrogen (secondary N) is 1. The summed E-state index contributed by atoms with van der Waals surface area (Å²) in [6, 6.07) is 2.95. The van der Waals surface area contributed by atoms with Crippen molar-refractivity contribution in [1.82, 2.24) is 20.2 Å². The monoisotopic (exact) mass is 449 g/mol. The highest BCUT2D eigenvalue weighted by molar-refractivity contribution is 5.91. The van der Waals surface area contributed by atoms with Crippen LogP contribution < -0.4 is 10.2 Å². The Labute approximate surface area is 185 Å². The zero-order valence-corrected chi connectivity index (χ0v) is 18.4. The summed E-state index contributed by atoms with van der Waals surface area (Å²) in [7, 11) is 4.16. The van der Waals surface area contributed by atoms with E-state index in [9.17, 15) is 18.3 Å². The number of nitrogens with zero attached hydrogens (tertiary/aromatic N) is 4. The second kappa shape index (κ2) is 7.81. The lowest BCUT2D eigenvalue weighted by atomic mass is 9.79. The van der Waals surface area contributed by atoms with E-state index in [2.05, 4.69) is 39.2 Å². The molecule has 0 radical (unpaired) electrons. The largest absolute Gasteiger partial charge is 0.418 e. The number of aliphatic hydroxyl groups is 1. The van der Waals surface area contributed by atoms with Crippen LogP contribution in [-0.4, -0.2) is 66.0 Å². The first-order chi connectivity index (χ1) is 15.2. The zero-order chi connectivity index (χ0) is 22.7. The molecule has 1 spiro atoms. The molecular formula is C23H30F3N5O. The van der Waals surface area contributed by atoms with E-state index < -0.39 is 18.0 Å². The molecule has 0 bridgehead atoms. The maximum absolute atomic E-state index is 13.5. The van der Waals surface area contributed by atoms with E-state index in [-0.39, 0.29) is 22.4 Å². The first kappa shape index (κ1) is 21.9. The van der Waals surface area contributed by atoms with Crippen molar-refractivity contribution in [1.29, 1.82) is 0 Å². The molecule has 174 valence electrons. The molecule has 1 saturated heterocycles. The first-order valence-electron chi connectivity index (χ1n) is 11.3. The Hall–Kier alpha value is -1.97. The summed E-state index contributed by atoms with van der Waals surface area (Å²) in [5, 5.41) is 14.5. The summed E-state index contributed by atoms with van der Waals surface area (Å²) in [5.74, 6) is 0.714. The van der Waals surface area contributed by atoms with Crippen molar-refractivity contribution in [2.45, 2.75) is 44.1 Å². The van der Waals surface area contributed by atoms with Crippen LogP contribution in [0.1, 0.15) is 31.2 Å². The zero-order valence-electron chi connectivity index (χ0n) is 18.4. The lowest BCUT2D eigenvalue weighted by molar-refractivity contribution is -0.136. The second-order valence-corrected chi connectivity index (χ2v) is 10.1. The average Bonchev–Trinajstić information content (AvgIpc) is 3.36. The van der Waals surface area contributed by atoms with Gasteiger partial charge in [0.15, 0.2) is 0 Å². The molecule has 1 aromatic carbocycles. The summed E-state index contributed by atoms with van der Waals surface area (Å²) in [6.07, 6.45) is 1.84. The third-order valence-electron chi connectivity index (χ3n) is 7.50. The minimum Gasteiger partial charge on any atom is -0.378 e. The molecule has 6 nitrogen and oxygen atoms in total. The van der Waals surface area contributed by atoms with E-state index in [4.69, 9.17) is 0 Å². The number of anilines is 1. The van der Waals surface area contributed by atoms with Crippen LogP contribution in [0.2, 0.25) is 0 Å². The van der Waals surface area contributed by atoms with Crippen LogP contribution in [-0.2, 0) is 6.18 Å². The normalized spacial score (nSPS) is 27.8. The predicted molar refractivity (Wildman–Crippen MR) is 116 cm³/mol. The van der Waals surface area contributed by atoms with Gasteiger partial charge in [-0.05, 0) is 63.2 Å². The summed E-state index contributed by atoms with van der Waals surface area (Å²) >= 11 is 0. The van der Waals surface area contributed by atoms with Crippen LogP contribution in [0.25, 0.3) is 11.0 Å². The van der Waals surface area contributed by atoms with Crippen molar-refractivity contribution >= 4 is 16.7 Å². The van der Waals surface area contributed by atoms with Crippen molar-refractivity contribution in [2.75, 3.05) is 38.6 Å². The number of fused-ring (bicyclic) bond motifs is 1. The van der Waals surface area contributed by atoms with Gasteiger partial charge in [-0.25, -0.2) is 0 Å². The maximum atomic E-state index is 13.5. The van der Waals surface area contributed by atoms with Crippen molar-refractivity contribution in [2.24, 2.45) is 17.3 Å². The Bertz CT molecular complexity index is 987. The number of aliphatic hydroxyl groups excluding tert-OH is 1. The Morgan fingerprint density at radius 2 is 1.88 bits per heavy atom. The highest BCUT2D eigenvalue weighted by atomic mass is 19.4. The van der Waals surface area contributed by atoms with Crippen molar-refractivity contribution in [3.8, 4) is 0 Å². The number of aromatic nitrogens is 2. The van der Waals surface area contributed by atoms with Crippen LogP contribution in [0, 0.1) is 17.3 Å². The summed E-state index contributed by atoms with van der Waals surface area (Å²) in [6.45, 7) is 2.39. The van der Waals surface area contributed by atoms with Gasteiger partial charge in [0.2, 0.25) is 0 Å². The standard InChI is InChI=1S/C23H30F3N5O/c1-30(2)11-14-9-15(10-14)29-21(32)17-12-31(13-22(17)5-6-22)18-4-3-16(23(24,25)26)19-20(18)28-8-7-27-19/h3-4,7-8,14-15,17,21,29,32H,5-6,9-13H2,1-2H3. The Morgan fingerprint density at radius 1 is 1.19 bits per heavy atom. The maximum Gasteiger partial charge on any atom is 0.418 e. The van der Waals surface area contributed by atoms with Gasteiger partial charge in [-0.15, -0.1) is 0 Å². The molecule has 3 aliphatic rings. The number of alkyl halides is 3. The van der Waals surface area contributed by atoms with E-state index in [1.165, 1.54) is 18.5 Å². The number of halogens is 3. The molecule has 2 aromatic rings. The van der Waals surface area contributed by atoms with Gasteiger partial charge in [-0.2, -0.15) is 13.2 Å². The predicted octanol–water partition coefficient (Wildman–Crippen LogP) is 3.11. The third kappa shape index (κ3) is 3.95. The Morgan fingerprint density at radius 3 is 2.50 bits per heavy atom. The van der Waals surface area contributed by atoms with Gasteiger partial charge >= 0.3 is 6.18 Å². The van der Waals surface area contributed by atoms with Crippen molar-refractivity contribution in [3.63, 3.8) is 0 Å². The number of rotatable bonds is 6. The lowest BCUT2D eigenvalue weighted by Gasteiger charge is -2.40. The molecule has 3 fully saturated rings. The quantitative estimate of drug-likeness (QED) is 0.661. The fraction of sp³-hybridized carbons (Fsp3) is 0.652. The van der Waals surface area contributed by atoms with E-state index in [0.29, 0.717) is 24.2 Å². The van der Waals surface area contributed by atoms with Crippen LogP contribution in [0.4, 0.5) is 18.9 Å². The lowest BCUT2D eigenvalue weighted by Crippen LogP contribution is -2.52. The molecular weight excluding hydrogens is 419 g/mol. The van der Waals surface area contributed by atoms with Gasteiger partial charge in [0.25, 0.3) is 0 Å². The number of benzene rings is 1. The molecule has 2 N–H and O–H groups in total. The molecule has 0 amide bonds. The molecule has 2 atom stereocenters. The molecule has 5 rings (SSSR count). The molecule has 2 heterocycles. The van der Waals surface area contributed by atoms with Gasteiger partial charge in [-0.1, -0.05) is 0 Å². The third-order valence-corrected chi connectivity index (χ3v) is 7.50. The van der Waals surface area contributed by atoms with Gasteiger partial charge in [-0.3, -0.25) is 15.3 Å². The average molecular weight is 450 g/mol. The highest BCUT2D eigenvalue weighted by Gasteiger charge is 2.57. The van der Waals surface area contributed by atoms with E-state index in [0.717, 1.165) is 44.8 Å². The Balaban J connectivity index is 1.33. The van der Waals surface area contributed by atoms with Gasteiger partial charge in [0, 0.05) is 44.0 Å². The number of hydrogen-bond acceptors (Lipinski definition) is 6. The molecule has 2 unspecified atom stereocenters.